The Labute approximate surface area is 79.8 Å². The van der Waals surface area contributed by atoms with Gasteiger partial charge in [-0.3, -0.25) is 9.59 Å². The van der Waals surface area contributed by atoms with Crippen LogP contribution in [-0.4, -0.2) is 22.2 Å². The first-order chi connectivity index (χ1) is 6.63. The molecule has 0 aromatic heterocycles. The molecule has 1 aliphatic rings. The summed E-state index contributed by atoms with van der Waals surface area (Å²) in [6.45, 7) is 0. The maximum Gasteiger partial charge on any atom is 0.312 e. The summed E-state index contributed by atoms with van der Waals surface area (Å²) in [6.07, 6.45) is 0. The molecule has 0 fully saturated rings. The minimum Gasteiger partial charge on any atom is -0.481 e. The van der Waals surface area contributed by atoms with Gasteiger partial charge in [0.2, 0.25) is 0 Å². The predicted molar refractivity (Wildman–Crippen MR) is 47.2 cm³/mol. The number of fused-ring (bicyclic) bond motifs is 1. The molecule has 14 heavy (non-hydrogen) atoms. The van der Waals surface area contributed by atoms with E-state index >= 15 is 0 Å². The van der Waals surface area contributed by atoms with Crippen LogP contribution >= 0.6 is 0 Å². The molecule has 0 heterocycles. The Morgan fingerprint density at radius 2 is 1.29 bits per heavy atom. The van der Waals surface area contributed by atoms with E-state index in [0.29, 0.717) is 11.1 Å². The number of carboxylic acid groups (broad SMARTS) is 2. The fourth-order valence-corrected chi connectivity index (χ4v) is 1.89. The van der Waals surface area contributed by atoms with Crippen LogP contribution in [0.15, 0.2) is 24.3 Å². The van der Waals surface area contributed by atoms with E-state index in [9.17, 15) is 9.59 Å². The van der Waals surface area contributed by atoms with Crippen LogP contribution in [0.1, 0.15) is 23.0 Å². The summed E-state index contributed by atoms with van der Waals surface area (Å²) in [6, 6.07) is 6.75. The van der Waals surface area contributed by atoms with Gasteiger partial charge in [-0.25, -0.2) is 0 Å². The summed E-state index contributed by atoms with van der Waals surface area (Å²) in [7, 11) is 0. The highest BCUT2D eigenvalue weighted by atomic mass is 16.4. The highest BCUT2D eigenvalue weighted by Gasteiger charge is 2.46. The molecule has 2 N–H and O–H groups in total. The molecule has 0 bridgehead atoms. The van der Waals surface area contributed by atoms with Crippen molar-refractivity contribution >= 4 is 11.9 Å². The van der Waals surface area contributed by atoms with Gasteiger partial charge in [-0.2, -0.15) is 0 Å². The zero-order valence-corrected chi connectivity index (χ0v) is 7.18. The number of hydrogen-bond acceptors (Lipinski definition) is 2. The van der Waals surface area contributed by atoms with Crippen molar-refractivity contribution in [1.82, 2.24) is 0 Å². The van der Waals surface area contributed by atoms with Crippen molar-refractivity contribution in [2.75, 3.05) is 0 Å². The Hall–Kier alpha value is -1.84. The molecule has 4 heteroatoms. The van der Waals surface area contributed by atoms with Crippen molar-refractivity contribution in [2.45, 2.75) is 11.8 Å². The minimum atomic E-state index is -1.07. The number of carbonyl (C=O) groups is 2. The Morgan fingerprint density at radius 1 is 0.929 bits per heavy atom. The van der Waals surface area contributed by atoms with Gasteiger partial charge in [0.1, 0.15) is 0 Å². The molecule has 1 aromatic carbocycles. The molecule has 1 aromatic rings. The molecular weight excluding hydrogens is 184 g/mol. The number of aliphatic carboxylic acids is 2. The second kappa shape index (κ2) is 2.83. The van der Waals surface area contributed by atoms with Crippen LogP contribution in [0.5, 0.6) is 0 Å². The summed E-state index contributed by atoms with van der Waals surface area (Å²) in [5, 5.41) is 17.7. The molecule has 4 nitrogen and oxygen atoms in total. The molecule has 0 aliphatic heterocycles. The lowest BCUT2D eigenvalue weighted by Gasteiger charge is -2.33. The van der Waals surface area contributed by atoms with E-state index in [1.807, 2.05) is 0 Å². The quantitative estimate of drug-likeness (QED) is 0.734. The van der Waals surface area contributed by atoms with Crippen molar-refractivity contribution in [2.24, 2.45) is 0 Å². The van der Waals surface area contributed by atoms with E-state index in [1.165, 1.54) is 0 Å². The topological polar surface area (TPSA) is 74.6 Å². The molecule has 0 saturated heterocycles. The fourth-order valence-electron chi connectivity index (χ4n) is 1.89. The van der Waals surface area contributed by atoms with Crippen LogP contribution in [0.3, 0.4) is 0 Å². The van der Waals surface area contributed by atoms with E-state index in [-0.39, 0.29) is 0 Å². The fraction of sp³-hybridized carbons (Fsp3) is 0.200. The number of carboxylic acids is 2. The lowest BCUT2D eigenvalue weighted by molar-refractivity contribution is -0.148. The summed E-state index contributed by atoms with van der Waals surface area (Å²) in [5.74, 6) is -3.92. The van der Waals surface area contributed by atoms with Gasteiger partial charge < -0.3 is 10.2 Å². The van der Waals surface area contributed by atoms with Gasteiger partial charge in [0.05, 0.1) is 11.8 Å². The van der Waals surface area contributed by atoms with Gasteiger partial charge in [-0.15, -0.1) is 0 Å². The van der Waals surface area contributed by atoms with Crippen LogP contribution in [-0.2, 0) is 9.59 Å². The average molecular weight is 192 g/mol. The Kier molecular flexibility index (Phi) is 1.77. The highest BCUT2D eigenvalue weighted by Crippen LogP contribution is 2.46. The molecule has 1 aliphatic carbocycles. The Morgan fingerprint density at radius 3 is 1.57 bits per heavy atom. The van der Waals surface area contributed by atoms with Crippen LogP contribution < -0.4 is 0 Å². The molecule has 0 amide bonds. The number of hydrogen-bond donors (Lipinski definition) is 2. The van der Waals surface area contributed by atoms with Crippen molar-refractivity contribution in [3.8, 4) is 0 Å². The van der Waals surface area contributed by atoms with Gasteiger partial charge >= 0.3 is 11.9 Å². The lowest BCUT2D eigenvalue weighted by atomic mass is 9.68. The maximum atomic E-state index is 10.8. The smallest absolute Gasteiger partial charge is 0.312 e. The van der Waals surface area contributed by atoms with Gasteiger partial charge in [-0.05, 0) is 11.1 Å². The van der Waals surface area contributed by atoms with E-state index in [4.69, 9.17) is 10.2 Å². The monoisotopic (exact) mass is 192 g/mol. The molecule has 2 unspecified atom stereocenters. The molecule has 2 rings (SSSR count). The molecule has 0 saturated carbocycles. The number of benzene rings is 1. The van der Waals surface area contributed by atoms with Crippen LogP contribution in [0.25, 0.3) is 0 Å². The van der Waals surface area contributed by atoms with Crippen molar-refractivity contribution < 1.29 is 19.8 Å². The molecule has 0 radical (unpaired) electrons. The highest BCUT2D eigenvalue weighted by molar-refractivity contribution is 5.93. The van der Waals surface area contributed by atoms with E-state index < -0.39 is 23.8 Å². The third-order valence-electron chi connectivity index (χ3n) is 2.53. The van der Waals surface area contributed by atoms with E-state index in [0.717, 1.165) is 0 Å². The zero-order chi connectivity index (χ0) is 10.3. The SMILES string of the molecule is O=C(O)C1c2ccccc2C1C(=O)O. The standard InChI is InChI=1S/C10H8O4/c11-9(12)7-5-3-1-2-4-6(5)8(7)10(13)14/h1-4,7-8H,(H,11,12)(H,13,14). The Balaban J connectivity index is 2.47. The zero-order valence-electron chi connectivity index (χ0n) is 7.18. The normalized spacial score (nSPS) is 23.4. The van der Waals surface area contributed by atoms with Gasteiger partial charge in [0.25, 0.3) is 0 Å². The maximum absolute atomic E-state index is 10.8. The Bertz CT molecular complexity index is 371. The predicted octanol–water partition coefficient (Wildman–Crippen LogP) is 1.04. The van der Waals surface area contributed by atoms with Crippen molar-refractivity contribution in [1.29, 1.82) is 0 Å². The summed E-state index contributed by atoms with van der Waals surface area (Å²) in [4.78, 5) is 21.6. The number of rotatable bonds is 2. The minimum absolute atomic E-state index is 0.618. The van der Waals surface area contributed by atoms with Gasteiger partial charge in [0.15, 0.2) is 0 Å². The molecule has 2 atom stereocenters. The molecule has 72 valence electrons. The van der Waals surface area contributed by atoms with E-state index in [1.54, 1.807) is 24.3 Å². The third kappa shape index (κ3) is 1.00. The summed E-state index contributed by atoms with van der Waals surface area (Å²) < 4.78 is 0. The van der Waals surface area contributed by atoms with Crippen LogP contribution in [0.2, 0.25) is 0 Å². The summed E-state index contributed by atoms with van der Waals surface area (Å²) in [5.41, 5.74) is 1.24. The second-order valence-electron chi connectivity index (χ2n) is 3.26. The first-order valence-electron chi connectivity index (χ1n) is 4.17. The molecule has 0 spiro atoms. The van der Waals surface area contributed by atoms with Gasteiger partial charge in [0, 0.05) is 0 Å². The van der Waals surface area contributed by atoms with E-state index in [2.05, 4.69) is 0 Å². The summed E-state index contributed by atoms with van der Waals surface area (Å²) >= 11 is 0. The first-order valence-corrected chi connectivity index (χ1v) is 4.17. The average Bonchev–Trinajstić information content (AvgIpc) is 2.05. The third-order valence-corrected chi connectivity index (χ3v) is 2.53. The first kappa shape index (κ1) is 8.74. The van der Waals surface area contributed by atoms with Crippen LogP contribution in [0, 0.1) is 0 Å². The van der Waals surface area contributed by atoms with Crippen molar-refractivity contribution in [3.63, 3.8) is 0 Å². The largest absolute Gasteiger partial charge is 0.481 e. The molecular formula is C10H8O4. The van der Waals surface area contributed by atoms with Gasteiger partial charge in [-0.1, -0.05) is 24.3 Å². The van der Waals surface area contributed by atoms with Crippen molar-refractivity contribution in [3.05, 3.63) is 35.4 Å². The van der Waals surface area contributed by atoms with Crippen LogP contribution in [0.4, 0.5) is 0 Å². The second-order valence-corrected chi connectivity index (χ2v) is 3.26. The lowest BCUT2D eigenvalue weighted by Crippen LogP contribution is -2.35.